The highest BCUT2D eigenvalue weighted by Gasteiger charge is 2.35. The first-order chi connectivity index (χ1) is 6.74. The number of allylic oxidation sites excluding steroid dienone is 1. The zero-order chi connectivity index (χ0) is 10.1. The summed E-state index contributed by atoms with van der Waals surface area (Å²) in [6.07, 6.45) is 1.39. The minimum Gasteiger partial charge on any atom is -0.285 e. The monoisotopic (exact) mass is 185 g/mol. The highest BCUT2D eigenvalue weighted by atomic mass is 16.2. The first-order valence-electron chi connectivity index (χ1n) is 3.99. The number of hydrogen-bond donors (Lipinski definition) is 0. The minimum atomic E-state index is -0.772. The van der Waals surface area contributed by atoms with Crippen LogP contribution in [-0.4, -0.2) is 11.6 Å². The molecule has 66 valence electrons. The third-order valence-electron chi connectivity index (χ3n) is 2.04. The van der Waals surface area contributed by atoms with Crippen LogP contribution in [0.25, 0.3) is 11.1 Å². The fraction of sp³-hybridized carbons (Fsp3) is 0. The molecule has 0 fully saturated rings. The van der Waals surface area contributed by atoms with Crippen LogP contribution < -0.4 is 0 Å². The Bertz CT molecular complexity index is 509. The molecule has 0 atom stereocenters. The average molecular weight is 185 g/mol. The zero-order valence-corrected chi connectivity index (χ0v) is 7.10. The number of fused-ring (bicyclic) bond motifs is 1. The molecule has 0 aliphatic heterocycles. The van der Waals surface area contributed by atoms with Crippen LogP contribution in [0.5, 0.6) is 0 Å². The Kier molecular flexibility index (Phi) is 1.72. The molecular formula is C10H5N2O2+. The molecule has 1 aliphatic rings. The van der Waals surface area contributed by atoms with Crippen molar-refractivity contribution >= 4 is 17.6 Å². The van der Waals surface area contributed by atoms with Gasteiger partial charge in [0, 0.05) is 11.6 Å². The smallest absolute Gasteiger partial charge is 0.285 e. The van der Waals surface area contributed by atoms with Crippen molar-refractivity contribution in [3.05, 3.63) is 46.1 Å². The maximum atomic E-state index is 11.4. The summed E-state index contributed by atoms with van der Waals surface area (Å²) in [6.45, 7) is 0. The van der Waals surface area contributed by atoms with Gasteiger partial charge in [-0.1, -0.05) is 24.3 Å². The van der Waals surface area contributed by atoms with Gasteiger partial charge in [0.1, 0.15) is 0 Å². The van der Waals surface area contributed by atoms with Gasteiger partial charge in [0.15, 0.2) is 4.98 Å². The van der Waals surface area contributed by atoms with E-state index in [9.17, 15) is 9.59 Å². The van der Waals surface area contributed by atoms with Gasteiger partial charge in [0.2, 0.25) is 11.2 Å². The number of hydrogen-bond acceptors (Lipinski definition) is 3. The summed E-state index contributed by atoms with van der Waals surface area (Å²) in [5.74, 6) is -1.40. The third-order valence-corrected chi connectivity index (χ3v) is 2.04. The van der Waals surface area contributed by atoms with Crippen LogP contribution in [0.3, 0.4) is 0 Å². The fourth-order valence-electron chi connectivity index (χ4n) is 1.36. The second kappa shape index (κ2) is 2.89. The maximum Gasteiger partial charge on any atom is 0.436 e. The zero-order valence-electron chi connectivity index (χ0n) is 7.10. The van der Waals surface area contributed by atoms with Crippen LogP contribution in [0.1, 0.15) is 15.9 Å². The van der Waals surface area contributed by atoms with Crippen LogP contribution in [0.2, 0.25) is 0 Å². The van der Waals surface area contributed by atoms with Crippen molar-refractivity contribution in [1.29, 1.82) is 5.39 Å². The van der Waals surface area contributed by atoms with Gasteiger partial charge in [-0.3, -0.25) is 9.59 Å². The van der Waals surface area contributed by atoms with Crippen molar-refractivity contribution in [3.63, 3.8) is 0 Å². The quantitative estimate of drug-likeness (QED) is 0.456. The number of nitrogens with zero attached hydrogens (tertiary/aromatic N) is 2. The van der Waals surface area contributed by atoms with Crippen LogP contribution in [-0.2, 0) is 4.79 Å². The van der Waals surface area contributed by atoms with Crippen molar-refractivity contribution in [2.24, 2.45) is 0 Å². The van der Waals surface area contributed by atoms with E-state index >= 15 is 0 Å². The summed E-state index contributed by atoms with van der Waals surface area (Å²) in [4.78, 5) is 25.4. The van der Waals surface area contributed by atoms with Gasteiger partial charge in [-0.2, -0.15) is 0 Å². The number of diazo groups is 1. The van der Waals surface area contributed by atoms with E-state index in [4.69, 9.17) is 5.39 Å². The lowest BCUT2D eigenvalue weighted by Gasteiger charge is -2.04. The second-order valence-corrected chi connectivity index (χ2v) is 2.88. The lowest BCUT2D eigenvalue weighted by Crippen LogP contribution is -2.19. The summed E-state index contributed by atoms with van der Waals surface area (Å²) in [5.41, 5.74) is 0.739. The van der Waals surface area contributed by atoms with E-state index in [1.807, 2.05) is 0 Å². The third kappa shape index (κ3) is 1.04. The first kappa shape index (κ1) is 8.32. The molecule has 2 rings (SSSR count). The molecule has 0 unspecified atom stereocenters. The molecule has 0 bridgehead atoms. The van der Waals surface area contributed by atoms with Crippen LogP contribution in [0.15, 0.2) is 30.0 Å². The Morgan fingerprint density at radius 1 is 1.07 bits per heavy atom. The Hall–Kier alpha value is -2.28. The van der Waals surface area contributed by atoms with Crippen molar-refractivity contribution in [2.45, 2.75) is 0 Å². The summed E-state index contributed by atoms with van der Waals surface area (Å²) in [7, 11) is 0. The standard InChI is InChI=1S/C10H5N2O2/c11-12-8-5-6-3-1-2-4-7(6)9(13)10(8)14/h1-5H/q+1. The molecular weight excluding hydrogens is 180 g/mol. The van der Waals surface area contributed by atoms with Crippen molar-refractivity contribution in [2.75, 3.05) is 0 Å². The SMILES string of the molecule is N#[N+]C1=Cc2ccccc2C(=O)C1=O. The molecule has 1 aromatic carbocycles. The molecule has 1 aromatic rings. The number of carbonyl (C=O) groups excluding carboxylic acids is 2. The van der Waals surface area contributed by atoms with E-state index in [1.54, 1.807) is 24.3 Å². The van der Waals surface area contributed by atoms with Gasteiger partial charge in [-0.15, -0.1) is 0 Å². The minimum absolute atomic E-state index is 0.214. The molecule has 0 heterocycles. The summed E-state index contributed by atoms with van der Waals surface area (Å²) >= 11 is 0. The maximum absolute atomic E-state index is 11.4. The summed E-state index contributed by atoms with van der Waals surface area (Å²) in [5, 5.41) is 8.49. The van der Waals surface area contributed by atoms with Crippen LogP contribution in [0, 0.1) is 5.39 Å². The second-order valence-electron chi connectivity index (χ2n) is 2.88. The number of ketones is 2. The van der Waals surface area contributed by atoms with Crippen molar-refractivity contribution in [1.82, 2.24) is 0 Å². The Balaban J connectivity index is 2.71. The van der Waals surface area contributed by atoms with Gasteiger partial charge >= 0.3 is 11.5 Å². The largest absolute Gasteiger partial charge is 0.436 e. The summed E-state index contributed by atoms with van der Waals surface area (Å²) < 4.78 is 0. The van der Waals surface area contributed by atoms with Gasteiger partial charge in [-0.05, 0) is 5.56 Å². The number of carbonyl (C=O) groups is 2. The van der Waals surface area contributed by atoms with Crippen LogP contribution in [0.4, 0.5) is 0 Å². The number of rotatable bonds is 0. The molecule has 0 spiro atoms. The van der Waals surface area contributed by atoms with Crippen molar-refractivity contribution < 1.29 is 9.59 Å². The molecule has 1 aliphatic carbocycles. The van der Waals surface area contributed by atoms with E-state index in [2.05, 4.69) is 4.98 Å². The number of benzene rings is 1. The molecule has 0 aromatic heterocycles. The van der Waals surface area contributed by atoms with E-state index in [-0.39, 0.29) is 5.70 Å². The lowest BCUT2D eigenvalue weighted by molar-refractivity contribution is -0.111. The lowest BCUT2D eigenvalue weighted by atomic mass is 9.94. The number of Topliss-reactive ketones (excluding diaryl/α,β-unsaturated/α-hetero) is 2. The van der Waals surface area contributed by atoms with Gasteiger partial charge in [0.05, 0.1) is 0 Å². The predicted molar refractivity (Wildman–Crippen MR) is 48.8 cm³/mol. The Labute approximate surface area is 79.5 Å². The normalized spacial score (nSPS) is 14.4. The Morgan fingerprint density at radius 2 is 1.79 bits per heavy atom. The fourth-order valence-corrected chi connectivity index (χ4v) is 1.36. The highest BCUT2D eigenvalue weighted by Crippen LogP contribution is 2.21. The van der Waals surface area contributed by atoms with E-state index in [0.29, 0.717) is 11.1 Å². The van der Waals surface area contributed by atoms with Crippen molar-refractivity contribution in [3.8, 4) is 0 Å². The molecule has 4 heteroatoms. The Morgan fingerprint density at radius 3 is 2.50 bits per heavy atom. The van der Waals surface area contributed by atoms with E-state index in [1.165, 1.54) is 6.08 Å². The molecule has 0 saturated heterocycles. The average Bonchev–Trinajstić information content (AvgIpc) is 2.23. The van der Waals surface area contributed by atoms with E-state index in [0.717, 1.165) is 0 Å². The van der Waals surface area contributed by atoms with Crippen LogP contribution >= 0.6 is 0 Å². The van der Waals surface area contributed by atoms with Gasteiger partial charge in [-0.25, -0.2) is 0 Å². The van der Waals surface area contributed by atoms with Gasteiger partial charge in [0.25, 0.3) is 0 Å². The highest BCUT2D eigenvalue weighted by molar-refractivity contribution is 6.52. The molecule has 4 nitrogen and oxygen atoms in total. The molecule has 0 radical (unpaired) electrons. The first-order valence-corrected chi connectivity index (χ1v) is 3.99. The predicted octanol–water partition coefficient (Wildman–Crippen LogP) is 1.65. The molecule has 0 saturated carbocycles. The molecule has 0 N–H and O–H groups in total. The molecule has 0 amide bonds. The summed E-state index contributed by atoms with van der Waals surface area (Å²) in [6, 6.07) is 6.68. The molecule has 14 heavy (non-hydrogen) atoms. The van der Waals surface area contributed by atoms with E-state index < -0.39 is 11.6 Å². The topological polar surface area (TPSA) is 62.3 Å². The van der Waals surface area contributed by atoms with Gasteiger partial charge < -0.3 is 0 Å².